The van der Waals surface area contributed by atoms with Crippen molar-refractivity contribution in [3.63, 3.8) is 0 Å². The lowest BCUT2D eigenvalue weighted by molar-refractivity contribution is -0.140. The van der Waals surface area contributed by atoms with Gasteiger partial charge < -0.3 is 13.8 Å². The van der Waals surface area contributed by atoms with Crippen molar-refractivity contribution in [1.29, 1.82) is 0 Å². The van der Waals surface area contributed by atoms with Crippen LogP contribution in [-0.2, 0) is 23.1 Å². The predicted octanol–water partition coefficient (Wildman–Crippen LogP) is 2.20. The van der Waals surface area contributed by atoms with E-state index in [0.29, 0.717) is 6.42 Å². The second kappa shape index (κ2) is 6.99. The molecule has 0 amide bonds. The normalized spacial score (nSPS) is 13.6. The van der Waals surface area contributed by atoms with Crippen LogP contribution in [0.1, 0.15) is 27.2 Å². The third-order valence-corrected chi connectivity index (χ3v) is 4.44. The van der Waals surface area contributed by atoms with Gasteiger partial charge in [0.15, 0.2) is 5.66 Å². The Morgan fingerprint density at radius 3 is 1.93 bits per heavy atom. The van der Waals surface area contributed by atoms with Crippen molar-refractivity contribution in [3.05, 3.63) is 0 Å². The van der Waals surface area contributed by atoms with Crippen molar-refractivity contribution in [2.24, 2.45) is 0 Å². The zero-order valence-electron chi connectivity index (χ0n) is 9.69. The van der Waals surface area contributed by atoms with Crippen molar-refractivity contribution in [2.45, 2.75) is 32.9 Å². The smallest absolute Gasteiger partial charge is 0.344 e. The molecule has 90 valence electrons. The Labute approximate surface area is 90.6 Å². The Bertz CT molecular complexity index is 231. The summed E-state index contributed by atoms with van der Waals surface area (Å²) in [6, 6.07) is 0. The summed E-state index contributed by atoms with van der Waals surface area (Å²) in [6.07, 6.45) is 0.365. The highest BCUT2D eigenvalue weighted by molar-refractivity contribution is 7.55. The molecule has 0 aromatic rings. The maximum Gasteiger partial charge on any atom is 0.344 e. The number of methoxy groups -OCH3 is 1. The first-order chi connectivity index (χ1) is 7.05. The van der Waals surface area contributed by atoms with Crippen LogP contribution in [0.4, 0.5) is 0 Å². The van der Waals surface area contributed by atoms with Gasteiger partial charge in [-0.3, -0.25) is 9.36 Å². The molecule has 0 bridgehead atoms. The fourth-order valence-electron chi connectivity index (χ4n) is 1.23. The van der Waals surface area contributed by atoms with Gasteiger partial charge in [-0.15, -0.1) is 0 Å². The van der Waals surface area contributed by atoms with Crippen LogP contribution in [0.3, 0.4) is 0 Å². The van der Waals surface area contributed by atoms with Crippen LogP contribution in [0.25, 0.3) is 0 Å². The van der Waals surface area contributed by atoms with Gasteiger partial charge >= 0.3 is 13.6 Å². The summed E-state index contributed by atoms with van der Waals surface area (Å²) in [5.74, 6) is -0.553. The Morgan fingerprint density at radius 1 is 1.20 bits per heavy atom. The lowest BCUT2D eigenvalue weighted by atomic mass is 10.3. The molecular formula is C9H19O5P. The Balaban J connectivity index is 4.84. The Morgan fingerprint density at radius 2 is 1.67 bits per heavy atom. The van der Waals surface area contributed by atoms with Gasteiger partial charge in [0.2, 0.25) is 0 Å². The van der Waals surface area contributed by atoms with Crippen LogP contribution in [0, 0.1) is 0 Å². The third kappa shape index (κ3) is 3.93. The van der Waals surface area contributed by atoms with E-state index in [1.807, 2.05) is 0 Å². The second-order valence-electron chi connectivity index (χ2n) is 2.82. The summed E-state index contributed by atoms with van der Waals surface area (Å²) < 4.78 is 26.9. The first kappa shape index (κ1) is 14.6. The molecule has 5 nitrogen and oxygen atoms in total. The lowest BCUT2D eigenvalue weighted by Crippen LogP contribution is -2.24. The summed E-state index contributed by atoms with van der Waals surface area (Å²) in [7, 11) is -2.12. The highest BCUT2D eigenvalue weighted by atomic mass is 31.2. The fraction of sp³-hybridized carbons (Fsp3) is 0.889. The first-order valence-corrected chi connectivity index (χ1v) is 6.63. The minimum Gasteiger partial charge on any atom is -0.468 e. The maximum absolute atomic E-state index is 12.2. The minimum atomic E-state index is -3.38. The molecule has 0 aliphatic rings. The lowest BCUT2D eigenvalue weighted by Gasteiger charge is -2.23. The number of carbonyl (C=O) groups excluding carboxylic acids is 1. The van der Waals surface area contributed by atoms with Crippen LogP contribution in [0.5, 0.6) is 0 Å². The van der Waals surface area contributed by atoms with E-state index < -0.39 is 19.2 Å². The van der Waals surface area contributed by atoms with Gasteiger partial charge in [0.25, 0.3) is 0 Å². The summed E-state index contributed by atoms with van der Waals surface area (Å²) in [5.41, 5.74) is -0.831. The standard InChI is InChI=1S/C9H19O5P/c1-5-8(9(10)12-4)15(11,13-6-2)14-7-3/h8H,5-7H2,1-4H3/t8-/m1/s1. The summed E-state index contributed by atoms with van der Waals surface area (Å²) >= 11 is 0. The molecular weight excluding hydrogens is 219 g/mol. The van der Waals surface area contributed by atoms with Crippen molar-refractivity contribution >= 4 is 13.6 Å². The molecule has 0 aliphatic heterocycles. The molecule has 6 heteroatoms. The number of rotatable bonds is 7. The molecule has 0 rings (SSSR count). The number of hydrogen-bond acceptors (Lipinski definition) is 5. The van der Waals surface area contributed by atoms with E-state index in [1.54, 1.807) is 20.8 Å². The molecule has 0 saturated heterocycles. The third-order valence-electron chi connectivity index (χ3n) is 1.86. The van der Waals surface area contributed by atoms with Crippen LogP contribution in [0.15, 0.2) is 0 Å². The zero-order chi connectivity index (χ0) is 11.9. The van der Waals surface area contributed by atoms with Gasteiger partial charge in [-0.05, 0) is 20.3 Å². The number of hydrogen-bond donors (Lipinski definition) is 0. The monoisotopic (exact) mass is 238 g/mol. The number of carbonyl (C=O) groups is 1. The molecule has 0 N–H and O–H groups in total. The zero-order valence-corrected chi connectivity index (χ0v) is 10.6. The highest BCUT2D eigenvalue weighted by Gasteiger charge is 2.40. The summed E-state index contributed by atoms with van der Waals surface area (Å²) in [6.45, 7) is 5.63. The van der Waals surface area contributed by atoms with Crippen LogP contribution in [0.2, 0.25) is 0 Å². The fourth-order valence-corrected chi connectivity index (χ4v) is 3.20. The predicted molar refractivity (Wildman–Crippen MR) is 57.0 cm³/mol. The molecule has 0 heterocycles. The van der Waals surface area contributed by atoms with E-state index in [-0.39, 0.29) is 13.2 Å². The van der Waals surface area contributed by atoms with Gasteiger partial charge in [0.05, 0.1) is 20.3 Å². The number of ether oxygens (including phenoxy) is 1. The van der Waals surface area contributed by atoms with Gasteiger partial charge in [0.1, 0.15) is 0 Å². The maximum atomic E-state index is 12.2. The molecule has 0 saturated carbocycles. The van der Waals surface area contributed by atoms with E-state index in [9.17, 15) is 9.36 Å². The first-order valence-electron chi connectivity index (χ1n) is 5.02. The summed E-state index contributed by atoms with van der Waals surface area (Å²) in [5, 5.41) is 0. The average molecular weight is 238 g/mol. The molecule has 15 heavy (non-hydrogen) atoms. The van der Waals surface area contributed by atoms with Gasteiger partial charge in [-0.2, -0.15) is 0 Å². The topological polar surface area (TPSA) is 61.8 Å². The van der Waals surface area contributed by atoms with Crippen LogP contribution >= 0.6 is 7.60 Å². The van der Waals surface area contributed by atoms with Gasteiger partial charge in [-0.25, -0.2) is 0 Å². The van der Waals surface area contributed by atoms with Crippen molar-refractivity contribution in [2.75, 3.05) is 20.3 Å². The Hall–Kier alpha value is -0.380. The quantitative estimate of drug-likeness (QED) is 0.502. The minimum absolute atomic E-state index is 0.241. The van der Waals surface area contributed by atoms with E-state index in [4.69, 9.17) is 9.05 Å². The second-order valence-corrected chi connectivity index (χ2v) is 5.04. The van der Waals surface area contributed by atoms with Crippen molar-refractivity contribution in [3.8, 4) is 0 Å². The molecule has 0 aromatic heterocycles. The van der Waals surface area contributed by atoms with Crippen LogP contribution < -0.4 is 0 Å². The highest BCUT2D eigenvalue weighted by Crippen LogP contribution is 2.54. The van der Waals surface area contributed by atoms with E-state index in [2.05, 4.69) is 4.74 Å². The number of esters is 1. The molecule has 0 unspecified atom stereocenters. The molecule has 0 aliphatic carbocycles. The SMILES string of the molecule is CCOP(=O)(OCC)[C@H](CC)C(=O)OC. The molecule has 1 atom stereocenters. The van der Waals surface area contributed by atoms with Gasteiger partial charge in [0, 0.05) is 0 Å². The van der Waals surface area contributed by atoms with Crippen LogP contribution in [-0.4, -0.2) is 32.0 Å². The van der Waals surface area contributed by atoms with E-state index >= 15 is 0 Å². The van der Waals surface area contributed by atoms with Gasteiger partial charge in [-0.1, -0.05) is 6.92 Å². The molecule has 0 aromatic carbocycles. The molecule has 0 spiro atoms. The van der Waals surface area contributed by atoms with Crippen molar-refractivity contribution < 1.29 is 23.1 Å². The Kier molecular flexibility index (Phi) is 6.81. The largest absolute Gasteiger partial charge is 0.468 e. The molecule has 0 radical (unpaired) electrons. The van der Waals surface area contributed by atoms with Crippen molar-refractivity contribution in [1.82, 2.24) is 0 Å². The van der Waals surface area contributed by atoms with E-state index in [0.717, 1.165) is 0 Å². The molecule has 0 fully saturated rings. The average Bonchev–Trinajstić information content (AvgIpc) is 2.19. The summed E-state index contributed by atoms with van der Waals surface area (Å²) in [4.78, 5) is 11.4. The van der Waals surface area contributed by atoms with E-state index in [1.165, 1.54) is 7.11 Å².